The number of thiazole rings is 1. The molecule has 1 heterocycles. The average Bonchev–Trinajstić information content (AvgIpc) is 2.75. The quantitative estimate of drug-likeness (QED) is 0.879. The highest BCUT2D eigenvalue weighted by atomic mass is 32.1. The Hall–Kier alpha value is -0.410. The van der Waals surface area contributed by atoms with Gasteiger partial charge in [-0.2, -0.15) is 0 Å². The Morgan fingerprint density at radius 3 is 2.59 bits per heavy atom. The number of nitrogens with one attached hydrogen (secondary N) is 1. The highest BCUT2D eigenvalue weighted by molar-refractivity contribution is 7.11. The van der Waals surface area contributed by atoms with Gasteiger partial charge in [-0.1, -0.05) is 39.0 Å². The zero-order valence-corrected chi connectivity index (χ0v) is 11.7. The van der Waals surface area contributed by atoms with Gasteiger partial charge >= 0.3 is 0 Å². The highest BCUT2D eigenvalue weighted by Gasteiger charge is 2.11. The summed E-state index contributed by atoms with van der Waals surface area (Å²) in [5.74, 6) is 0. The molecule has 1 N–H and O–H groups in total. The Balaban J connectivity index is 1.75. The third-order valence-electron chi connectivity index (χ3n) is 3.57. The van der Waals surface area contributed by atoms with Crippen LogP contribution in [0.5, 0.6) is 0 Å². The number of rotatable bonds is 4. The van der Waals surface area contributed by atoms with Gasteiger partial charge in [0.15, 0.2) is 0 Å². The van der Waals surface area contributed by atoms with Gasteiger partial charge in [0.05, 0.1) is 5.01 Å². The van der Waals surface area contributed by atoms with Gasteiger partial charge in [0, 0.05) is 23.7 Å². The van der Waals surface area contributed by atoms with Crippen LogP contribution in [0.1, 0.15) is 61.8 Å². The second-order valence-electron chi connectivity index (χ2n) is 5.00. The van der Waals surface area contributed by atoms with Crippen molar-refractivity contribution in [1.82, 2.24) is 10.3 Å². The van der Waals surface area contributed by atoms with Crippen LogP contribution in [0, 0.1) is 0 Å². The largest absolute Gasteiger partial charge is 0.309 e. The summed E-state index contributed by atoms with van der Waals surface area (Å²) in [6.07, 6.45) is 12.9. The Morgan fingerprint density at radius 2 is 1.94 bits per heavy atom. The predicted molar refractivity (Wildman–Crippen MR) is 74.4 cm³/mol. The van der Waals surface area contributed by atoms with Gasteiger partial charge in [0.1, 0.15) is 0 Å². The van der Waals surface area contributed by atoms with E-state index in [-0.39, 0.29) is 0 Å². The van der Waals surface area contributed by atoms with Gasteiger partial charge in [-0.25, -0.2) is 4.98 Å². The zero-order chi connectivity index (χ0) is 11.9. The van der Waals surface area contributed by atoms with Crippen molar-refractivity contribution in [1.29, 1.82) is 0 Å². The molecule has 0 unspecified atom stereocenters. The minimum atomic E-state index is 0.738. The fourth-order valence-electron chi connectivity index (χ4n) is 2.50. The second kappa shape index (κ2) is 7.12. The van der Waals surface area contributed by atoms with E-state index in [1.54, 1.807) is 0 Å². The lowest BCUT2D eigenvalue weighted by Crippen LogP contribution is -2.28. The van der Waals surface area contributed by atoms with Gasteiger partial charge in [-0.05, 0) is 19.3 Å². The number of aryl methyl sites for hydroxylation is 1. The third kappa shape index (κ3) is 4.40. The van der Waals surface area contributed by atoms with E-state index in [4.69, 9.17) is 0 Å². The maximum atomic E-state index is 4.41. The van der Waals surface area contributed by atoms with Crippen LogP contribution in [-0.2, 0) is 13.0 Å². The van der Waals surface area contributed by atoms with Gasteiger partial charge < -0.3 is 5.32 Å². The lowest BCUT2D eigenvalue weighted by atomic mass is 9.97. The molecule has 1 aromatic heterocycles. The SMILES string of the molecule is CCc1ncc(CNC2CCCCCCC2)s1. The Kier molecular flexibility index (Phi) is 5.46. The lowest BCUT2D eigenvalue weighted by molar-refractivity contribution is 0.390. The van der Waals surface area contributed by atoms with Crippen LogP contribution in [0.3, 0.4) is 0 Å². The smallest absolute Gasteiger partial charge is 0.0925 e. The number of nitrogens with zero attached hydrogens (tertiary/aromatic N) is 1. The normalized spacial score (nSPS) is 18.9. The third-order valence-corrected chi connectivity index (χ3v) is 4.72. The summed E-state index contributed by atoms with van der Waals surface area (Å²) < 4.78 is 0. The van der Waals surface area contributed by atoms with Gasteiger partial charge in [-0.3, -0.25) is 0 Å². The first-order chi connectivity index (χ1) is 8.38. The summed E-state index contributed by atoms with van der Waals surface area (Å²) >= 11 is 1.86. The minimum Gasteiger partial charge on any atom is -0.309 e. The highest BCUT2D eigenvalue weighted by Crippen LogP contribution is 2.18. The maximum absolute atomic E-state index is 4.41. The van der Waals surface area contributed by atoms with E-state index in [1.807, 2.05) is 17.5 Å². The molecule has 2 nitrogen and oxygen atoms in total. The predicted octanol–water partition coefficient (Wildman–Crippen LogP) is 3.91. The van der Waals surface area contributed by atoms with Crippen LogP contribution in [-0.4, -0.2) is 11.0 Å². The summed E-state index contributed by atoms with van der Waals surface area (Å²) in [5.41, 5.74) is 0. The molecule has 0 radical (unpaired) electrons. The van der Waals surface area contributed by atoms with Gasteiger partial charge in [0.25, 0.3) is 0 Å². The molecule has 0 atom stereocenters. The molecule has 17 heavy (non-hydrogen) atoms. The number of aromatic nitrogens is 1. The summed E-state index contributed by atoms with van der Waals surface area (Å²) in [4.78, 5) is 5.80. The Morgan fingerprint density at radius 1 is 1.24 bits per heavy atom. The second-order valence-corrected chi connectivity index (χ2v) is 6.20. The standard InChI is InChI=1S/C14H24N2S/c1-2-14-16-11-13(17-14)10-15-12-8-6-4-3-5-7-9-12/h11-12,15H,2-10H2,1H3. The zero-order valence-electron chi connectivity index (χ0n) is 10.9. The van der Waals surface area contributed by atoms with Crippen LogP contribution in [0.2, 0.25) is 0 Å². The van der Waals surface area contributed by atoms with E-state index in [1.165, 1.54) is 54.8 Å². The lowest BCUT2D eigenvalue weighted by Gasteiger charge is -2.20. The van der Waals surface area contributed by atoms with Crippen LogP contribution < -0.4 is 5.32 Å². The van der Waals surface area contributed by atoms with E-state index in [2.05, 4.69) is 17.2 Å². The number of hydrogen-bond donors (Lipinski definition) is 1. The van der Waals surface area contributed by atoms with E-state index >= 15 is 0 Å². The van der Waals surface area contributed by atoms with E-state index < -0.39 is 0 Å². The molecule has 1 aromatic rings. The molecule has 0 saturated heterocycles. The first kappa shape index (κ1) is 13.0. The summed E-state index contributed by atoms with van der Waals surface area (Å²) in [7, 11) is 0. The average molecular weight is 252 g/mol. The van der Waals surface area contributed by atoms with E-state index in [0.717, 1.165) is 19.0 Å². The molecule has 1 aliphatic carbocycles. The van der Waals surface area contributed by atoms with Crippen molar-refractivity contribution in [2.24, 2.45) is 0 Å². The fraction of sp³-hybridized carbons (Fsp3) is 0.786. The molecular formula is C14H24N2S. The van der Waals surface area contributed by atoms with Crippen molar-refractivity contribution in [3.63, 3.8) is 0 Å². The molecular weight excluding hydrogens is 228 g/mol. The van der Waals surface area contributed by atoms with Crippen molar-refractivity contribution in [2.45, 2.75) is 70.9 Å². The van der Waals surface area contributed by atoms with Crippen LogP contribution >= 0.6 is 11.3 Å². The molecule has 0 amide bonds. The van der Waals surface area contributed by atoms with Crippen molar-refractivity contribution in [2.75, 3.05) is 0 Å². The summed E-state index contributed by atoms with van der Waals surface area (Å²) in [6, 6.07) is 0.738. The van der Waals surface area contributed by atoms with Crippen LogP contribution in [0.25, 0.3) is 0 Å². The topological polar surface area (TPSA) is 24.9 Å². The first-order valence-corrected chi connectivity index (χ1v) is 7.87. The van der Waals surface area contributed by atoms with Crippen LogP contribution in [0.15, 0.2) is 6.20 Å². The number of hydrogen-bond acceptors (Lipinski definition) is 3. The summed E-state index contributed by atoms with van der Waals surface area (Å²) in [5, 5.41) is 4.98. The molecule has 1 fully saturated rings. The molecule has 0 aliphatic heterocycles. The van der Waals surface area contributed by atoms with Crippen molar-refractivity contribution >= 4 is 11.3 Å². The molecule has 0 aromatic carbocycles. The van der Waals surface area contributed by atoms with Crippen molar-refractivity contribution in [3.05, 3.63) is 16.1 Å². The van der Waals surface area contributed by atoms with E-state index in [0.29, 0.717) is 0 Å². The molecule has 0 spiro atoms. The van der Waals surface area contributed by atoms with E-state index in [9.17, 15) is 0 Å². The fourth-order valence-corrected chi connectivity index (χ4v) is 3.31. The molecule has 1 saturated carbocycles. The van der Waals surface area contributed by atoms with Crippen molar-refractivity contribution in [3.8, 4) is 0 Å². The van der Waals surface area contributed by atoms with Gasteiger partial charge in [-0.15, -0.1) is 11.3 Å². The maximum Gasteiger partial charge on any atom is 0.0925 e. The monoisotopic (exact) mass is 252 g/mol. The molecule has 96 valence electrons. The summed E-state index contributed by atoms with van der Waals surface area (Å²) in [6.45, 7) is 3.19. The minimum absolute atomic E-state index is 0.738. The Labute approximate surface area is 109 Å². The van der Waals surface area contributed by atoms with Gasteiger partial charge in [0.2, 0.25) is 0 Å². The molecule has 2 rings (SSSR count). The molecule has 3 heteroatoms. The molecule has 0 bridgehead atoms. The first-order valence-electron chi connectivity index (χ1n) is 7.05. The van der Waals surface area contributed by atoms with Crippen LogP contribution in [0.4, 0.5) is 0 Å². The van der Waals surface area contributed by atoms with Crippen molar-refractivity contribution < 1.29 is 0 Å². The molecule has 1 aliphatic rings. The Bertz CT molecular complexity index is 314.